The molecule has 3 nitrogen and oxygen atoms in total. The van der Waals surface area contributed by atoms with Crippen LogP contribution in [0.1, 0.15) is 11.8 Å². The van der Waals surface area contributed by atoms with Crippen LogP contribution in [0.5, 0.6) is 5.75 Å². The maximum absolute atomic E-state index is 9.26. The van der Waals surface area contributed by atoms with Crippen molar-refractivity contribution in [2.45, 2.75) is 13.5 Å². The number of hydrogen-bond donors (Lipinski definition) is 1. The number of benzene rings is 1. The summed E-state index contributed by atoms with van der Waals surface area (Å²) in [5.74, 6) is 0.844. The van der Waals surface area contributed by atoms with E-state index in [0.717, 1.165) is 25.8 Å². The quantitative estimate of drug-likeness (QED) is 0.940. The number of aliphatic hydroxyl groups excluding tert-OH is 1. The third-order valence-corrected chi connectivity index (χ3v) is 3.75. The first-order chi connectivity index (χ1) is 8.24. The van der Waals surface area contributed by atoms with Gasteiger partial charge in [-0.05, 0) is 47.1 Å². The van der Waals surface area contributed by atoms with E-state index in [1.54, 1.807) is 0 Å². The topological polar surface area (TPSA) is 42.4 Å². The lowest BCUT2D eigenvalue weighted by Crippen LogP contribution is -1.91. The minimum Gasteiger partial charge on any atom is -0.494 e. The summed E-state index contributed by atoms with van der Waals surface area (Å²) in [6, 6.07) is 7.72. The van der Waals surface area contributed by atoms with Crippen LogP contribution in [0.15, 0.2) is 28.2 Å². The Hall–Kier alpha value is -0.910. The number of ether oxygens (including phenoxy) is 1. The molecule has 0 saturated heterocycles. The van der Waals surface area contributed by atoms with Crippen molar-refractivity contribution in [3.63, 3.8) is 0 Å². The van der Waals surface area contributed by atoms with E-state index >= 15 is 0 Å². The highest BCUT2D eigenvalue weighted by atomic mass is 79.9. The molecular weight excluding hydrogens is 302 g/mol. The van der Waals surface area contributed by atoms with E-state index in [0.29, 0.717) is 6.61 Å². The summed E-state index contributed by atoms with van der Waals surface area (Å²) in [6.07, 6.45) is 0. The molecule has 0 unspecified atom stereocenters. The van der Waals surface area contributed by atoms with E-state index < -0.39 is 0 Å². The van der Waals surface area contributed by atoms with Gasteiger partial charge in [0, 0.05) is 5.56 Å². The molecule has 17 heavy (non-hydrogen) atoms. The molecule has 5 heteroatoms. The molecule has 2 rings (SSSR count). The fourth-order valence-corrected chi connectivity index (χ4v) is 2.96. The van der Waals surface area contributed by atoms with Crippen LogP contribution in [-0.2, 0) is 6.61 Å². The predicted octanol–water partition coefficient (Wildman–Crippen LogP) is 3.46. The van der Waals surface area contributed by atoms with Crippen LogP contribution >= 0.6 is 27.3 Å². The molecule has 2 aromatic rings. The highest BCUT2D eigenvalue weighted by Crippen LogP contribution is 2.31. The fourth-order valence-electron chi connectivity index (χ4n) is 1.53. The summed E-state index contributed by atoms with van der Waals surface area (Å²) in [7, 11) is 0. The number of halogens is 1. The van der Waals surface area contributed by atoms with Gasteiger partial charge >= 0.3 is 0 Å². The van der Waals surface area contributed by atoms with Crippen molar-refractivity contribution in [2.75, 3.05) is 6.61 Å². The van der Waals surface area contributed by atoms with E-state index in [2.05, 4.69) is 20.9 Å². The molecule has 0 amide bonds. The molecule has 1 heterocycles. The van der Waals surface area contributed by atoms with E-state index in [9.17, 15) is 5.11 Å². The lowest BCUT2D eigenvalue weighted by molar-refractivity contribution is 0.286. The molecule has 0 bridgehead atoms. The molecule has 0 saturated carbocycles. The zero-order valence-electron chi connectivity index (χ0n) is 9.31. The predicted molar refractivity (Wildman–Crippen MR) is 72.3 cm³/mol. The Morgan fingerprint density at radius 1 is 1.35 bits per heavy atom. The second kappa shape index (κ2) is 5.62. The summed E-state index contributed by atoms with van der Waals surface area (Å²) in [5, 5.41) is 9.26. The van der Waals surface area contributed by atoms with Crippen LogP contribution < -0.4 is 4.74 Å². The summed E-state index contributed by atoms with van der Waals surface area (Å²) < 4.78 is 6.16. The smallest absolute Gasteiger partial charge is 0.160 e. The van der Waals surface area contributed by atoms with Crippen LogP contribution in [0.4, 0.5) is 0 Å². The number of nitrogens with zero attached hydrogens (tertiary/aromatic N) is 1. The lowest BCUT2D eigenvalue weighted by Gasteiger charge is -2.04. The highest BCUT2D eigenvalue weighted by molar-refractivity contribution is 9.11. The number of aromatic nitrogens is 1. The monoisotopic (exact) mass is 313 g/mol. The fraction of sp³-hybridized carbons (Fsp3) is 0.250. The van der Waals surface area contributed by atoms with Gasteiger partial charge in [-0.2, -0.15) is 0 Å². The first-order valence-electron chi connectivity index (χ1n) is 5.24. The van der Waals surface area contributed by atoms with Gasteiger partial charge in [-0.15, -0.1) is 11.3 Å². The number of thiazole rings is 1. The molecule has 90 valence electrons. The Morgan fingerprint density at radius 2 is 2.06 bits per heavy atom. The van der Waals surface area contributed by atoms with Crippen molar-refractivity contribution in [2.24, 2.45) is 0 Å². The first kappa shape index (κ1) is 12.5. The first-order valence-corrected chi connectivity index (χ1v) is 6.84. The van der Waals surface area contributed by atoms with Crippen molar-refractivity contribution < 1.29 is 9.84 Å². The van der Waals surface area contributed by atoms with Gasteiger partial charge in [0.2, 0.25) is 0 Å². The molecule has 1 aromatic heterocycles. The van der Waals surface area contributed by atoms with E-state index in [-0.39, 0.29) is 6.61 Å². The maximum Gasteiger partial charge on any atom is 0.160 e. The van der Waals surface area contributed by atoms with Crippen molar-refractivity contribution >= 4 is 27.3 Å². The Labute approximate surface area is 112 Å². The van der Waals surface area contributed by atoms with Crippen LogP contribution in [0.2, 0.25) is 0 Å². The second-order valence-electron chi connectivity index (χ2n) is 3.35. The Bertz CT molecular complexity index is 496. The molecule has 0 atom stereocenters. The largest absolute Gasteiger partial charge is 0.494 e. The van der Waals surface area contributed by atoms with Gasteiger partial charge in [0.05, 0.1) is 23.8 Å². The second-order valence-corrected chi connectivity index (χ2v) is 5.71. The molecule has 0 aliphatic rings. The summed E-state index contributed by atoms with van der Waals surface area (Å²) in [4.78, 5) is 5.22. The third kappa shape index (κ3) is 2.86. The van der Waals surface area contributed by atoms with Crippen molar-refractivity contribution in [1.82, 2.24) is 4.98 Å². The van der Waals surface area contributed by atoms with Crippen LogP contribution in [0.25, 0.3) is 11.3 Å². The molecule has 1 aromatic carbocycles. The van der Waals surface area contributed by atoms with Crippen LogP contribution in [-0.4, -0.2) is 16.7 Å². The molecule has 0 aliphatic heterocycles. The van der Waals surface area contributed by atoms with Gasteiger partial charge in [-0.25, -0.2) is 4.98 Å². The van der Waals surface area contributed by atoms with Crippen molar-refractivity contribution in [1.29, 1.82) is 0 Å². The Kier molecular flexibility index (Phi) is 4.15. The lowest BCUT2D eigenvalue weighted by atomic mass is 10.1. The minimum absolute atomic E-state index is 0.00577. The minimum atomic E-state index is 0.00577. The molecule has 0 aliphatic carbocycles. The van der Waals surface area contributed by atoms with Gasteiger partial charge < -0.3 is 9.84 Å². The van der Waals surface area contributed by atoms with Crippen molar-refractivity contribution in [3.05, 3.63) is 33.1 Å². The standard InChI is InChI=1S/C12H12BrNO2S/c1-2-16-9-5-3-8(4-6-9)11-10(7-15)17-12(13)14-11/h3-6,15H,2,7H2,1H3. The summed E-state index contributed by atoms with van der Waals surface area (Å²) >= 11 is 4.78. The average molecular weight is 314 g/mol. The van der Waals surface area contributed by atoms with Gasteiger partial charge in [0.25, 0.3) is 0 Å². The van der Waals surface area contributed by atoms with E-state index in [4.69, 9.17) is 4.74 Å². The molecule has 0 radical (unpaired) electrons. The van der Waals surface area contributed by atoms with Gasteiger partial charge in [0.15, 0.2) is 3.92 Å². The summed E-state index contributed by atoms with van der Waals surface area (Å²) in [6.45, 7) is 2.62. The SMILES string of the molecule is CCOc1ccc(-c2nc(Br)sc2CO)cc1. The van der Waals surface area contributed by atoms with Crippen LogP contribution in [0, 0.1) is 0 Å². The van der Waals surface area contributed by atoms with Crippen molar-refractivity contribution in [3.8, 4) is 17.0 Å². The average Bonchev–Trinajstić information content (AvgIpc) is 2.72. The zero-order chi connectivity index (χ0) is 12.3. The zero-order valence-corrected chi connectivity index (χ0v) is 11.7. The third-order valence-electron chi connectivity index (χ3n) is 2.25. The van der Waals surface area contributed by atoms with E-state index in [1.165, 1.54) is 11.3 Å². The van der Waals surface area contributed by atoms with Gasteiger partial charge in [-0.1, -0.05) is 0 Å². The number of aliphatic hydroxyl groups is 1. The number of hydrogen-bond acceptors (Lipinski definition) is 4. The van der Waals surface area contributed by atoms with Crippen LogP contribution in [0.3, 0.4) is 0 Å². The molecule has 0 spiro atoms. The molecule has 0 fully saturated rings. The highest BCUT2D eigenvalue weighted by Gasteiger charge is 2.10. The Balaban J connectivity index is 2.32. The molecular formula is C12H12BrNO2S. The normalized spacial score (nSPS) is 10.5. The molecule has 1 N–H and O–H groups in total. The maximum atomic E-state index is 9.26. The van der Waals surface area contributed by atoms with E-state index in [1.807, 2.05) is 31.2 Å². The number of rotatable bonds is 4. The van der Waals surface area contributed by atoms with Gasteiger partial charge in [0.1, 0.15) is 5.75 Å². The van der Waals surface area contributed by atoms with Gasteiger partial charge in [-0.3, -0.25) is 0 Å². The summed E-state index contributed by atoms with van der Waals surface area (Å²) in [5.41, 5.74) is 1.81. The Morgan fingerprint density at radius 3 is 2.65 bits per heavy atom.